The first-order chi connectivity index (χ1) is 7.15. The summed E-state index contributed by atoms with van der Waals surface area (Å²) in [6.45, 7) is 14.5. The molecular formula is C14H28OSi. The van der Waals surface area contributed by atoms with Gasteiger partial charge in [0.1, 0.15) is 0 Å². The van der Waals surface area contributed by atoms with Crippen LogP contribution in [0, 0.1) is 11.3 Å². The van der Waals surface area contributed by atoms with Gasteiger partial charge in [-0.25, -0.2) is 0 Å². The zero-order chi connectivity index (χ0) is 12.2. The van der Waals surface area contributed by atoms with Crippen molar-refractivity contribution in [3.8, 4) is 0 Å². The lowest BCUT2D eigenvalue weighted by Gasteiger charge is -2.36. The van der Waals surface area contributed by atoms with Crippen LogP contribution in [-0.4, -0.2) is 19.4 Å². The molecule has 94 valence electrons. The Labute approximate surface area is 102 Å². The SMILES string of the molecule is CC(C)(C)C1CCC2(CC1)OC2[Si](C)(C)C. The van der Waals surface area contributed by atoms with Crippen molar-refractivity contribution in [2.24, 2.45) is 11.3 Å². The van der Waals surface area contributed by atoms with Crippen molar-refractivity contribution in [1.29, 1.82) is 0 Å². The highest BCUT2D eigenvalue weighted by molar-refractivity contribution is 6.78. The second kappa shape index (κ2) is 3.58. The van der Waals surface area contributed by atoms with E-state index >= 15 is 0 Å². The van der Waals surface area contributed by atoms with Gasteiger partial charge in [0.15, 0.2) is 0 Å². The third-order valence-electron chi connectivity index (χ3n) is 4.62. The third-order valence-corrected chi connectivity index (χ3v) is 6.83. The lowest BCUT2D eigenvalue weighted by atomic mass is 9.70. The van der Waals surface area contributed by atoms with Gasteiger partial charge in [0.2, 0.25) is 0 Å². The number of rotatable bonds is 1. The van der Waals surface area contributed by atoms with Crippen LogP contribution >= 0.6 is 0 Å². The molecule has 16 heavy (non-hydrogen) atoms. The van der Waals surface area contributed by atoms with Crippen molar-refractivity contribution in [3.05, 3.63) is 0 Å². The molecule has 2 heteroatoms. The van der Waals surface area contributed by atoms with Crippen molar-refractivity contribution < 1.29 is 4.74 Å². The first kappa shape index (κ1) is 12.6. The molecule has 1 nitrogen and oxygen atoms in total. The van der Waals surface area contributed by atoms with E-state index in [2.05, 4.69) is 40.4 Å². The van der Waals surface area contributed by atoms with E-state index in [9.17, 15) is 0 Å². The number of hydrogen-bond donors (Lipinski definition) is 0. The van der Waals surface area contributed by atoms with Crippen molar-refractivity contribution in [2.75, 3.05) is 0 Å². The topological polar surface area (TPSA) is 12.5 Å². The van der Waals surface area contributed by atoms with Crippen LogP contribution < -0.4 is 0 Å². The lowest BCUT2D eigenvalue weighted by molar-refractivity contribution is 0.125. The molecule has 0 aromatic heterocycles. The first-order valence-corrected chi connectivity index (χ1v) is 10.4. The van der Waals surface area contributed by atoms with Crippen molar-refractivity contribution >= 4 is 8.07 Å². The highest BCUT2D eigenvalue weighted by atomic mass is 28.3. The van der Waals surface area contributed by atoms with Gasteiger partial charge in [0.25, 0.3) is 0 Å². The minimum Gasteiger partial charge on any atom is -0.370 e. The maximum atomic E-state index is 6.13. The van der Waals surface area contributed by atoms with Crippen LogP contribution in [0.5, 0.6) is 0 Å². The Balaban J connectivity index is 1.93. The predicted octanol–water partition coefficient (Wildman–Crippen LogP) is 4.24. The normalized spacial score (nSPS) is 40.1. The molecule has 0 aromatic carbocycles. The van der Waals surface area contributed by atoms with Crippen molar-refractivity contribution in [3.63, 3.8) is 0 Å². The van der Waals surface area contributed by atoms with Crippen LogP contribution in [0.4, 0.5) is 0 Å². The third kappa shape index (κ3) is 2.24. The van der Waals surface area contributed by atoms with Crippen LogP contribution in [-0.2, 0) is 4.74 Å². The van der Waals surface area contributed by atoms with Gasteiger partial charge >= 0.3 is 0 Å². The fraction of sp³-hybridized carbons (Fsp3) is 1.00. The van der Waals surface area contributed by atoms with E-state index in [1.807, 2.05) is 0 Å². The van der Waals surface area contributed by atoms with E-state index in [1.54, 1.807) is 0 Å². The van der Waals surface area contributed by atoms with Gasteiger partial charge in [-0.3, -0.25) is 0 Å². The molecule has 1 spiro atoms. The van der Waals surface area contributed by atoms with E-state index < -0.39 is 8.07 Å². The molecule has 0 radical (unpaired) electrons. The summed E-state index contributed by atoms with van der Waals surface area (Å²) in [6.07, 6.45) is 5.41. The van der Waals surface area contributed by atoms with E-state index in [4.69, 9.17) is 4.74 Å². The minimum atomic E-state index is -1.07. The average molecular weight is 240 g/mol. The summed E-state index contributed by atoms with van der Waals surface area (Å²) in [5.41, 5.74) is 1.48. The second-order valence-corrected chi connectivity index (χ2v) is 13.3. The summed E-state index contributed by atoms with van der Waals surface area (Å²) in [6, 6.07) is 0. The molecule has 1 heterocycles. The molecule has 1 saturated carbocycles. The summed E-state index contributed by atoms with van der Waals surface area (Å²) < 4.78 is 6.13. The van der Waals surface area contributed by atoms with Crippen LogP contribution in [0.3, 0.4) is 0 Å². The first-order valence-electron chi connectivity index (χ1n) is 6.83. The maximum Gasteiger partial charge on any atom is 0.0914 e. The molecule has 1 aliphatic heterocycles. The molecule has 1 atom stereocenters. The lowest BCUT2D eigenvalue weighted by Crippen LogP contribution is -2.38. The van der Waals surface area contributed by atoms with Gasteiger partial charge in [-0.2, -0.15) is 0 Å². The monoisotopic (exact) mass is 240 g/mol. The van der Waals surface area contributed by atoms with Crippen LogP contribution in [0.15, 0.2) is 0 Å². The molecule has 1 aliphatic carbocycles. The fourth-order valence-electron chi connectivity index (χ4n) is 3.52. The van der Waals surface area contributed by atoms with Gasteiger partial charge in [-0.15, -0.1) is 0 Å². The predicted molar refractivity (Wildman–Crippen MR) is 72.4 cm³/mol. The smallest absolute Gasteiger partial charge is 0.0914 e. The molecule has 0 aromatic rings. The average Bonchev–Trinajstić information content (AvgIpc) is 2.78. The van der Waals surface area contributed by atoms with Gasteiger partial charge in [0, 0.05) is 0 Å². The standard InChI is InChI=1S/C14H28OSi/c1-13(2,3)11-7-9-14(10-8-11)12(15-14)16(4,5)6/h11-12H,7-10H2,1-6H3. The van der Waals surface area contributed by atoms with Crippen LogP contribution in [0.2, 0.25) is 19.6 Å². The Bertz CT molecular complexity index is 263. The Morgan fingerprint density at radius 1 is 1.06 bits per heavy atom. The summed E-state index contributed by atoms with van der Waals surface area (Å²) in [5, 5.41) is 0. The number of ether oxygens (including phenoxy) is 1. The molecule has 2 rings (SSSR count). The molecule has 0 amide bonds. The van der Waals surface area contributed by atoms with Gasteiger partial charge in [-0.05, 0) is 37.0 Å². The molecule has 0 bridgehead atoms. The molecule has 1 saturated heterocycles. The molecule has 2 aliphatic rings. The zero-order valence-electron chi connectivity index (χ0n) is 11.9. The van der Waals surface area contributed by atoms with Gasteiger partial charge in [0.05, 0.1) is 19.4 Å². The second-order valence-electron chi connectivity index (χ2n) is 8.07. The molecular weight excluding hydrogens is 212 g/mol. The van der Waals surface area contributed by atoms with Gasteiger partial charge in [-0.1, -0.05) is 40.4 Å². The van der Waals surface area contributed by atoms with E-state index in [0.29, 0.717) is 16.7 Å². The van der Waals surface area contributed by atoms with Crippen molar-refractivity contribution in [2.45, 2.75) is 77.4 Å². The minimum absolute atomic E-state index is 0.340. The largest absolute Gasteiger partial charge is 0.370 e. The van der Waals surface area contributed by atoms with Crippen molar-refractivity contribution in [1.82, 2.24) is 0 Å². The zero-order valence-corrected chi connectivity index (χ0v) is 12.9. The highest BCUT2D eigenvalue weighted by Crippen LogP contribution is 2.54. The summed E-state index contributed by atoms with van der Waals surface area (Å²) >= 11 is 0. The Kier molecular flexibility index (Phi) is 2.83. The number of epoxide rings is 1. The van der Waals surface area contributed by atoms with Crippen LogP contribution in [0.25, 0.3) is 0 Å². The number of hydrogen-bond acceptors (Lipinski definition) is 1. The summed E-state index contributed by atoms with van der Waals surface area (Å²) in [4.78, 5) is 0. The molecule has 1 unspecified atom stereocenters. The van der Waals surface area contributed by atoms with E-state index in [1.165, 1.54) is 25.7 Å². The Morgan fingerprint density at radius 3 is 1.88 bits per heavy atom. The molecule has 2 fully saturated rings. The van der Waals surface area contributed by atoms with Crippen LogP contribution in [0.1, 0.15) is 46.5 Å². The molecule has 0 N–H and O–H groups in total. The maximum absolute atomic E-state index is 6.13. The quantitative estimate of drug-likeness (QED) is 0.493. The Morgan fingerprint density at radius 2 is 1.56 bits per heavy atom. The van der Waals surface area contributed by atoms with E-state index in [-0.39, 0.29) is 0 Å². The summed E-state index contributed by atoms with van der Waals surface area (Å²) in [5.74, 6) is 0.907. The Hall–Kier alpha value is 0.177. The highest BCUT2D eigenvalue weighted by Gasteiger charge is 2.62. The van der Waals surface area contributed by atoms with E-state index in [0.717, 1.165) is 5.92 Å². The summed E-state index contributed by atoms with van der Waals surface area (Å²) in [7, 11) is -1.07. The van der Waals surface area contributed by atoms with Gasteiger partial charge < -0.3 is 4.74 Å². The fourth-order valence-corrected chi connectivity index (χ4v) is 5.97.